The molecular weight excluding hydrogens is 182 g/mol. The van der Waals surface area contributed by atoms with Gasteiger partial charge in [-0.05, 0) is 24.1 Å². The van der Waals surface area contributed by atoms with Gasteiger partial charge in [0, 0.05) is 0 Å². The molecule has 0 aliphatic carbocycles. The smallest absolute Gasteiger partial charge is 0.108 e. The molecule has 0 saturated heterocycles. The van der Waals surface area contributed by atoms with E-state index in [9.17, 15) is 0 Å². The van der Waals surface area contributed by atoms with Crippen molar-refractivity contribution in [2.75, 3.05) is 7.05 Å². The zero-order chi connectivity index (χ0) is 9.84. The van der Waals surface area contributed by atoms with E-state index in [4.69, 9.17) is 11.6 Å². The van der Waals surface area contributed by atoms with Crippen LogP contribution in [-0.2, 0) is 0 Å². The number of hydrogen-bond acceptors (Lipinski definition) is 1. The molecule has 1 unspecified atom stereocenters. The summed E-state index contributed by atoms with van der Waals surface area (Å²) in [5, 5.41) is 3.00. The van der Waals surface area contributed by atoms with E-state index < -0.39 is 0 Å². The molecule has 0 amide bonds. The summed E-state index contributed by atoms with van der Waals surface area (Å²) < 4.78 is 0. The van der Waals surface area contributed by atoms with Crippen molar-refractivity contribution in [1.29, 1.82) is 0 Å². The highest BCUT2D eigenvalue weighted by molar-refractivity contribution is 6.20. The third kappa shape index (κ3) is 2.71. The number of halogens is 1. The first-order valence-corrected chi connectivity index (χ1v) is 5.00. The Morgan fingerprint density at radius 2 is 1.54 bits per heavy atom. The predicted octanol–water partition coefficient (Wildman–Crippen LogP) is 3.27. The van der Waals surface area contributed by atoms with Gasteiger partial charge in [-0.2, -0.15) is 0 Å². The molecule has 1 nitrogen and oxygen atoms in total. The molecule has 1 rings (SSSR count). The SMILES string of the molecule is CNC(Cl)c1ccc(C(C)C)cc1. The Morgan fingerprint density at radius 3 is 1.92 bits per heavy atom. The minimum absolute atomic E-state index is 0.0822. The van der Waals surface area contributed by atoms with Crippen molar-refractivity contribution in [3.8, 4) is 0 Å². The van der Waals surface area contributed by atoms with Crippen LogP contribution in [0.25, 0.3) is 0 Å². The lowest BCUT2D eigenvalue weighted by atomic mass is 10.0. The first kappa shape index (κ1) is 10.6. The molecule has 0 aliphatic heterocycles. The largest absolute Gasteiger partial charge is 0.301 e. The minimum Gasteiger partial charge on any atom is -0.301 e. The predicted molar refractivity (Wildman–Crippen MR) is 58.2 cm³/mol. The molecule has 0 aliphatic rings. The minimum atomic E-state index is -0.0822. The van der Waals surface area contributed by atoms with E-state index in [2.05, 4.69) is 43.4 Å². The summed E-state index contributed by atoms with van der Waals surface area (Å²) in [5.74, 6) is 0.581. The summed E-state index contributed by atoms with van der Waals surface area (Å²) in [6.45, 7) is 4.37. The third-order valence-electron chi connectivity index (χ3n) is 2.15. The first-order valence-electron chi connectivity index (χ1n) is 4.56. The molecular formula is C11H16ClN. The number of benzene rings is 1. The van der Waals surface area contributed by atoms with Gasteiger partial charge in [0.2, 0.25) is 0 Å². The molecule has 1 N–H and O–H groups in total. The Hall–Kier alpha value is -0.530. The number of alkyl halides is 1. The fourth-order valence-corrected chi connectivity index (χ4v) is 1.36. The molecule has 0 bridgehead atoms. The van der Waals surface area contributed by atoms with Crippen molar-refractivity contribution in [1.82, 2.24) is 5.32 Å². The second-order valence-electron chi connectivity index (χ2n) is 3.47. The Morgan fingerprint density at radius 1 is 1.08 bits per heavy atom. The molecule has 2 heteroatoms. The Kier molecular flexibility index (Phi) is 3.76. The second kappa shape index (κ2) is 4.64. The van der Waals surface area contributed by atoms with Crippen LogP contribution >= 0.6 is 11.6 Å². The molecule has 13 heavy (non-hydrogen) atoms. The summed E-state index contributed by atoms with van der Waals surface area (Å²) in [6, 6.07) is 8.41. The van der Waals surface area contributed by atoms with E-state index in [1.54, 1.807) is 0 Å². The van der Waals surface area contributed by atoms with Crippen LogP contribution in [0, 0.1) is 0 Å². The van der Waals surface area contributed by atoms with Crippen molar-refractivity contribution in [3.63, 3.8) is 0 Å². The molecule has 0 spiro atoms. The van der Waals surface area contributed by atoms with Gasteiger partial charge in [-0.25, -0.2) is 0 Å². The fourth-order valence-electron chi connectivity index (χ4n) is 1.22. The Labute approximate surface area is 85.1 Å². The van der Waals surface area contributed by atoms with Gasteiger partial charge in [-0.1, -0.05) is 38.1 Å². The Balaban J connectivity index is 2.81. The lowest BCUT2D eigenvalue weighted by molar-refractivity contribution is 0.781. The van der Waals surface area contributed by atoms with Crippen LogP contribution in [-0.4, -0.2) is 7.05 Å². The lowest BCUT2D eigenvalue weighted by Crippen LogP contribution is -2.09. The van der Waals surface area contributed by atoms with Gasteiger partial charge in [0.05, 0.1) is 0 Å². The third-order valence-corrected chi connectivity index (χ3v) is 2.62. The molecule has 1 aromatic rings. The van der Waals surface area contributed by atoms with E-state index >= 15 is 0 Å². The van der Waals surface area contributed by atoms with Crippen LogP contribution in [0.3, 0.4) is 0 Å². The van der Waals surface area contributed by atoms with Crippen molar-refractivity contribution in [3.05, 3.63) is 35.4 Å². The van der Waals surface area contributed by atoms with Crippen LogP contribution in [0.15, 0.2) is 24.3 Å². The highest BCUT2D eigenvalue weighted by Crippen LogP contribution is 2.20. The molecule has 1 aromatic carbocycles. The summed E-state index contributed by atoms with van der Waals surface area (Å²) in [6.07, 6.45) is 0. The molecule has 0 aromatic heterocycles. The zero-order valence-electron chi connectivity index (χ0n) is 8.34. The zero-order valence-corrected chi connectivity index (χ0v) is 9.10. The molecule has 0 fully saturated rings. The maximum atomic E-state index is 6.01. The summed E-state index contributed by atoms with van der Waals surface area (Å²) in [5.41, 5.74) is 2.39. The maximum absolute atomic E-state index is 6.01. The average Bonchev–Trinajstić information content (AvgIpc) is 2.17. The van der Waals surface area contributed by atoms with Gasteiger partial charge in [0.1, 0.15) is 5.50 Å². The standard InChI is InChI=1S/C11H16ClN/c1-8(2)9-4-6-10(7-5-9)11(12)13-3/h4-8,11,13H,1-3H3. The van der Waals surface area contributed by atoms with E-state index in [0.29, 0.717) is 5.92 Å². The molecule has 1 atom stereocenters. The highest BCUT2D eigenvalue weighted by atomic mass is 35.5. The number of nitrogens with one attached hydrogen (secondary N) is 1. The number of hydrogen-bond donors (Lipinski definition) is 1. The van der Waals surface area contributed by atoms with E-state index in [1.807, 2.05) is 7.05 Å². The first-order chi connectivity index (χ1) is 6.15. The average molecular weight is 198 g/mol. The van der Waals surface area contributed by atoms with Gasteiger partial charge in [-0.3, -0.25) is 0 Å². The number of rotatable bonds is 3. The van der Waals surface area contributed by atoms with Gasteiger partial charge in [-0.15, -0.1) is 11.6 Å². The van der Waals surface area contributed by atoms with Gasteiger partial charge in [0.25, 0.3) is 0 Å². The Bertz CT molecular complexity index is 253. The van der Waals surface area contributed by atoms with Crippen molar-refractivity contribution < 1.29 is 0 Å². The fraction of sp³-hybridized carbons (Fsp3) is 0.455. The van der Waals surface area contributed by atoms with Crippen LogP contribution in [0.4, 0.5) is 0 Å². The van der Waals surface area contributed by atoms with Crippen molar-refractivity contribution in [2.45, 2.75) is 25.3 Å². The van der Waals surface area contributed by atoms with E-state index in [-0.39, 0.29) is 5.50 Å². The summed E-state index contributed by atoms with van der Waals surface area (Å²) >= 11 is 6.01. The topological polar surface area (TPSA) is 12.0 Å². The second-order valence-corrected chi connectivity index (χ2v) is 3.91. The monoisotopic (exact) mass is 197 g/mol. The van der Waals surface area contributed by atoms with Crippen molar-refractivity contribution >= 4 is 11.6 Å². The van der Waals surface area contributed by atoms with E-state index in [1.165, 1.54) is 5.56 Å². The van der Waals surface area contributed by atoms with E-state index in [0.717, 1.165) is 5.56 Å². The van der Waals surface area contributed by atoms with Crippen LogP contribution in [0.1, 0.15) is 36.4 Å². The van der Waals surface area contributed by atoms with Gasteiger partial charge < -0.3 is 5.32 Å². The quantitative estimate of drug-likeness (QED) is 0.580. The normalized spacial score (nSPS) is 13.3. The summed E-state index contributed by atoms with van der Waals surface area (Å²) in [7, 11) is 1.86. The van der Waals surface area contributed by atoms with Gasteiger partial charge in [0.15, 0.2) is 0 Å². The van der Waals surface area contributed by atoms with Crippen LogP contribution in [0.5, 0.6) is 0 Å². The molecule has 0 saturated carbocycles. The summed E-state index contributed by atoms with van der Waals surface area (Å²) in [4.78, 5) is 0. The highest BCUT2D eigenvalue weighted by Gasteiger charge is 2.04. The van der Waals surface area contributed by atoms with Crippen LogP contribution < -0.4 is 5.32 Å². The lowest BCUT2D eigenvalue weighted by Gasteiger charge is -2.10. The van der Waals surface area contributed by atoms with Gasteiger partial charge >= 0.3 is 0 Å². The van der Waals surface area contributed by atoms with Crippen LogP contribution in [0.2, 0.25) is 0 Å². The molecule has 0 heterocycles. The van der Waals surface area contributed by atoms with Crippen molar-refractivity contribution in [2.24, 2.45) is 0 Å². The molecule has 0 radical (unpaired) electrons. The molecule has 72 valence electrons. The maximum Gasteiger partial charge on any atom is 0.108 e.